The molecular formula is C38H60O9Si2. The minimum absolute atomic E-state index is 0.135. The standard InChI is InChI=1S/C38H60O9Si2/c1-9-10-26-48(5,6)47-49(7,8)27-14-21-42-23-25-44-37(40)46-35-18-16-33(29-31(35)3)38(19-12-11-13-20-38)32-15-17-34(30(2)28-32)45-36(39)43-24-22-41-4/h15-18,28-29H,9-14,19-27H2,1-8H3. The number of benzene rings is 2. The fourth-order valence-corrected chi connectivity index (χ4v) is 15.8. The maximum absolute atomic E-state index is 12.5. The van der Waals surface area contributed by atoms with Crippen molar-refractivity contribution in [2.45, 2.75) is 116 Å². The van der Waals surface area contributed by atoms with Gasteiger partial charge in [-0.15, -0.1) is 0 Å². The highest BCUT2D eigenvalue weighted by Crippen LogP contribution is 2.46. The van der Waals surface area contributed by atoms with Gasteiger partial charge in [-0.1, -0.05) is 63.3 Å². The highest BCUT2D eigenvalue weighted by atomic mass is 28.4. The molecule has 0 amide bonds. The molecule has 2 aromatic rings. The van der Waals surface area contributed by atoms with Crippen molar-refractivity contribution >= 4 is 28.9 Å². The number of methoxy groups -OCH3 is 1. The molecule has 0 atom stereocenters. The molecule has 1 saturated carbocycles. The van der Waals surface area contributed by atoms with Crippen LogP contribution in [-0.4, -0.2) is 69.1 Å². The minimum Gasteiger partial charge on any atom is -0.455 e. The lowest BCUT2D eigenvalue weighted by atomic mass is 9.65. The second-order valence-electron chi connectivity index (χ2n) is 14.4. The highest BCUT2D eigenvalue weighted by Gasteiger charge is 2.37. The second kappa shape index (κ2) is 19.6. The Morgan fingerprint density at radius 2 is 1.20 bits per heavy atom. The summed E-state index contributed by atoms with van der Waals surface area (Å²) in [5, 5.41) is 0. The summed E-state index contributed by atoms with van der Waals surface area (Å²) in [4.78, 5) is 24.6. The minimum atomic E-state index is -1.73. The molecule has 0 bridgehead atoms. The number of rotatable bonds is 19. The lowest BCUT2D eigenvalue weighted by Crippen LogP contribution is -2.44. The van der Waals surface area contributed by atoms with Crippen LogP contribution in [0, 0.1) is 13.8 Å². The SMILES string of the molecule is CCCC[Si](C)(C)O[Si](C)(C)CCCOCCOC(=O)Oc1ccc(C2(c3ccc(OC(=O)OCCOC)c(C)c3)CCCCC2)cc1C. The first-order valence-corrected chi connectivity index (χ1v) is 24.2. The predicted octanol–water partition coefficient (Wildman–Crippen LogP) is 9.86. The number of hydrogen-bond donors (Lipinski definition) is 0. The second-order valence-corrected chi connectivity index (χ2v) is 23.3. The topological polar surface area (TPSA) is 98.8 Å². The molecule has 9 nitrogen and oxygen atoms in total. The van der Waals surface area contributed by atoms with Gasteiger partial charge < -0.3 is 32.5 Å². The number of ether oxygens (including phenoxy) is 6. The van der Waals surface area contributed by atoms with Crippen molar-refractivity contribution in [3.05, 3.63) is 58.7 Å². The molecule has 11 heteroatoms. The molecule has 0 N–H and O–H groups in total. The van der Waals surface area contributed by atoms with Gasteiger partial charge in [-0.3, -0.25) is 0 Å². The third kappa shape index (κ3) is 13.2. The first-order chi connectivity index (χ1) is 23.3. The zero-order valence-electron chi connectivity index (χ0n) is 31.2. The Balaban J connectivity index is 1.51. The molecule has 0 aromatic heterocycles. The summed E-state index contributed by atoms with van der Waals surface area (Å²) in [6, 6.07) is 14.3. The Labute approximate surface area is 296 Å². The van der Waals surface area contributed by atoms with Gasteiger partial charge in [-0.05, 0) is 106 Å². The van der Waals surface area contributed by atoms with Crippen molar-refractivity contribution in [1.29, 1.82) is 0 Å². The number of carbonyl (C=O) groups excluding carboxylic acids is 2. The van der Waals surface area contributed by atoms with E-state index in [0.29, 0.717) is 31.3 Å². The molecule has 2 aromatic carbocycles. The van der Waals surface area contributed by atoms with Crippen molar-refractivity contribution < 1.29 is 42.1 Å². The van der Waals surface area contributed by atoms with E-state index in [2.05, 4.69) is 51.3 Å². The predicted molar refractivity (Wildman–Crippen MR) is 198 cm³/mol. The molecule has 1 aliphatic carbocycles. The van der Waals surface area contributed by atoms with Crippen LogP contribution in [0.3, 0.4) is 0 Å². The van der Waals surface area contributed by atoms with Crippen molar-refractivity contribution in [3.8, 4) is 11.5 Å². The van der Waals surface area contributed by atoms with E-state index in [0.717, 1.165) is 49.3 Å². The summed E-state index contributed by atoms with van der Waals surface area (Å²) in [5.41, 5.74) is 3.87. The first-order valence-electron chi connectivity index (χ1n) is 18.0. The van der Waals surface area contributed by atoms with Crippen LogP contribution in [-0.2, 0) is 28.5 Å². The molecule has 0 saturated heterocycles. The van der Waals surface area contributed by atoms with E-state index in [4.69, 9.17) is 32.5 Å². The van der Waals surface area contributed by atoms with Gasteiger partial charge in [-0.2, -0.15) is 0 Å². The van der Waals surface area contributed by atoms with Gasteiger partial charge in [-0.25, -0.2) is 9.59 Å². The van der Waals surface area contributed by atoms with Gasteiger partial charge in [0, 0.05) is 19.1 Å². The quantitative estimate of drug-likeness (QED) is 0.0609. The van der Waals surface area contributed by atoms with E-state index in [-0.39, 0.29) is 18.6 Å². The van der Waals surface area contributed by atoms with E-state index in [1.165, 1.54) is 36.4 Å². The van der Waals surface area contributed by atoms with Crippen LogP contribution in [0.2, 0.25) is 38.3 Å². The molecule has 0 spiro atoms. The molecule has 0 aliphatic heterocycles. The number of hydrogen-bond acceptors (Lipinski definition) is 9. The van der Waals surface area contributed by atoms with E-state index in [1.807, 2.05) is 32.0 Å². The normalized spacial score (nSPS) is 14.7. The van der Waals surface area contributed by atoms with Crippen LogP contribution in [0.1, 0.15) is 80.5 Å². The van der Waals surface area contributed by atoms with E-state index in [9.17, 15) is 9.59 Å². The smallest absolute Gasteiger partial charge is 0.455 e. The zero-order valence-corrected chi connectivity index (χ0v) is 33.2. The molecule has 0 heterocycles. The molecular weight excluding hydrogens is 657 g/mol. The molecule has 49 heavy (non-hydrogen) atoms. The van der Waals surface area contributed by atoms with Gasteiger partial charge in [0.15, 0.2) is 16.6 Å². The molecule has 274 valence electrons. The van der Waals surface area contributed by atoms with Gasteiger partial charge in [0.2, 0.25) is 0 Å². The van der Waals surface area contributed by atoms with Crippen LogP contribution < -0.4 is 9.47 Å². The summed E-state index contributed by atoms with van der Waals surface area (Å²) < 4.78 is 38.8. The average molecular weight is 717 g/mol. The molecule has 0 unspecified atom stereocenters. The monoisotopic (exact) mass is 716 g/mol. The van der Waals surface area contributed by atoms with Crippen molar-refractivity contribution in [2.24, 2.45) is 0 Å². The van der Waals surface area contributed by atoms with Crippen LogP contribution >= 0.6 is 0 Å². The molecule has 1 aliphatic rings. The Bertz CT molecular complexity index is 1340. The van der Waals surface area contributed by atoms with Crippen molar-refractivity contribution in [2.75, 3.05) is 40.1 Å². The van der Waals surface area contributed by atoms with Gasteiger partial charge in [0.1, 0.15) is 24.7 Å². The lowest BCUT2D eigenvalue weighted by Gasteiger charge is -2.39. The summed E-state index contributed by atoms with van der Waals surface area (Å²) in [6.07, 6.45) is 7.33. The number of aryl methyl sites for hydroxylation is 2. The van der Waals surface area contributed by atoms with E-state index < -0.39 is 28.9 Å². The zero-order chi connectivity index (χ0) is 35.9. The fraction of sp³-hybridized carbons (Fsp3) is 0.632. The molecule has 1 fully saturated rings. The highest BCUT2D eigenvalue weighted by molar-refractivity contribution is 6.84. The first kappa shape index (κ1) is 40.7. The maximum Gasteiger partial charge on any atom is 0.513 e. The van der Waals surface area contributed by atoms with Crippen LogP contribution in [0.25, 0.3) is 0 Å². The Hall–Kier alpha value is -2.71. The Kier molecular flexibility index (Phi) is 16.3. The van der Waals surface area contributed by atoms with Gasteiger partial charge in [0.25, 0.3) is 0 Å². The third-order valence-corrected chi connectivity index (χ3v) is 16.8. The van der Waals surface area contributed by atoms with Crippen LogP contribution in [0.15, 0.2) is 36.4 Å². The molecule has 0 radical (unpaired) electrons. The lowest BCUT2D eigenvalue weighted by molar-refractivity contribution is 0.0520. The molecule has 3 rings (SSSR count). The largest absolute Gasteiger partial charge is 0.513 e. The van der Waals surface area contributed by atoms with Crippen LogP contribution in [0.5, 0.6) is 11.5 Å². The van der Waals surface area contributed by atoms with Gasteiger partial charge in [0.05, 0.1) is 13.2 Å². The van der Waals surface area contributed by atoms with E-state index >= 15 is 0 Å². The van der Waals surface area contributed by atoms with E-state index in [1.54, 1.807) is 7.11 Å². The Morgan fingerprint density at radius 1 is 0.694 bits per heavy atom. The third-order valence-electron chi connectivity index (χ3n) is 9.26. The summed E-state index contributed by atoms with van der Waals surface area (Å²) in [7, 11) is -1.78. The maximum atomic E-state index is 12.5. The summed E-state index contributed by atoms with van der Waals surface area (Å²) in [6.45, 7) is 16.9. The Morgan fingerprint density at radius 3 is 1.69 bits per heavy atom. The number of unbranched alkanes of at least 4 members (excludes halogenated alkanes) is 1. The van der Waals surface area contributed by atoms with Crippen molar-refractivity contribution in [3.63, 3.8) is 0 Å². The van der Waals surface area contributed by atoms with Crippen molar-refractivity contribution in [1.82, 2.24) is 0 Å². The van der Waals surface area contributed by atoms with Gasteiger partial charge >= 0.3 is 12.3 Å². The fourth-order valence-electron chi connectivity index (χ4n) is 6.81. The summed E-state index contributed by atoms with van der Waals surface area (Å²) in [5.74, 6) is 0.949. The summed E-state index contributed by atoms with van der Waals surface area (Å²) >= 11 is 0. The average Bonchev–Trinajstić information content (AvgIpc) is 3.05. The number of carbonyl (C=O) groups is 2. The van der Waals surface area contributed by atoms with Crippen LogP contribution in [0.4, 0.5) is 9.59 Å².